The molecule has 0 spiro atoms. The molecule has 0 unspecified atom stereocenters. The largest absolute Gasteiger partial charge is 0.497 e. The molecule has 0 aliphatic rings. The summed E-state index contributed by atoms with van der Waals surface area (Å²) in [6.07, 6.45) is 0.828. The number of hydrogen-bond donors (Lipinski definition) is 2. The van der Waals surface area contributed by atoms with Gasteiger partial charge in [0.25, 0.3) is 0 Å². The standard InChI is InChI=1S/C13H21N3O3/c1-17-8-4-7-15-13(14)16-11-9-10(18-2)5-6-12(11)19-3/h5-6,9H,4,7-8H2,1-3H3,(H3,14,15,16). The van der Waals surface area contributed by atoms with E-state index in [0.29, 0.717) is 24.9 Å². The maximum absolute atomic E-state index is 5.80. The van der Waals surface area contributed by atoms with Gasteiger partial charge in [-0.15, -0.1) is 0 Å². The number of rotatable bonds is 7. The Morgan fingerprint density at radius 3 is 2.68 bits per heavy atom. The summed E-state index contributed by atoms with van der Waals surface area (Å²) < 4.78 is 15.3. The minimum Gasteiger partial charge on any atom is -0.497 e. The van der Waals surface area contributed by atoms with E-state index in [1.54, 1.807) is 33.5 Å². The van der Waals surface area contributed by atoms with Crippen LogP contribution in [-0.4, -0.2) is 40.4 Å². The van der Waals surface area contributed by atoms with Crippen LogP contribution in [0.3, 0.4) is 0 Å². The Balaban J connectivity index is 2.68. The summed E-state index contributed by atoms with van der Waals surface area (Å²) >= 11 is 0. The van der Waals surface area contributed by atoms with Gasteiger partial charge in [-0.3, -0.25) is 4.99 Å². The lowest BCUT2D eigenvalue weighted by Crippen LogP contribution is -2.23. The number of guanidine groups is 1. The van der Waals surface area contributed by atoms with Gasteiger partial charge in [-0.25, -0.2) is 0 Å². The Bertz CT molecular complexity index is 422. The van der Waals surface area contributed by atoms with Crippen LogP contribution in [0.4, 0.5) is 5.69 Å². The molecule has 0 aliphatic carbocycles. The number of nitrogens with zero attached hydrogens (tertiary/aromatic N) is 1. The molecule has 0 saturated carbocycles. The van der Waals surface area contributed by atoms with Gasteiger partial charge in [-0.05, 0) is 18.6 Å². The first-order chi connectivity index (χ1) is 9.21. The number of ether oxygens (including phenoxy) is 3. The van der Waals surface area contributed by atoms with Crippen LogP contribution in [0.25, 0.3) is 0 Å². The van der Waals surface area contributed by atoms with Crippen molar-refractivity contribution in [3.8, 4) is 11.5 Å². The van der Waals surface area contributed by atoms with Crippen molar-refractivity contribution in [3.63, 3.8) is 0 Å². The third-order valence-corrected chi connectivity index (χ3v) is 2.46. The molecule has 106 valence electrons. The lowest BCUT2D eigenvalue weighted by Gasteiger charge is -2.12. The molecule has 3 N–H and O–H groups in total. The zero-order valence-corrected chi connectivity index (χ0v) is 11.6. The second-order valence-corrected chi connectivity index (χ2v) is 3.80. The Kier molecular flexibility index (Phi) is 6.52. The molecular weight excluding hydrogens is 246 g/mol. The van der Waals surface area contributed by atoms with Crippen molar-refractivity contribution < 1.29 is 14.2 Å². The van der Waals surface area contributed by atoms with E-state index in [2.05, 4.69) is 10.3 Å². The van der Waals surface area contributed by atoms with E-state index < -0.39 is 0 Å². The van der Waals surface area contributed by atoms with Crippen LogP contribution in [0.2, 0.25) is 0 Å². The van der Waals surface area contributed by atoms with E-state index in [1.807, 2.05) is 6.07 Å². The Morgan fingerprint density at radius 2 is 2.05 bits per heavy atom. The number of aliphatic imine (C=N–C) groups is 1. The minimum atomic E-state index is 0.336. The van der Waals surface area contributed by atoms with Gasteiger partial charge in [-0.1, -0.05) is 0 Å². The van der Waals surface area contributed by atoms with E-state index in [-0.39, 0.29) is 0 Å². The molecule has 0 saturated heterocycles. The molecule has 0 bridgehead atoms. The van der Waals surface area contributed by atoms with Crippen LogP contribution in [0.15, 0.2) is 23.2 Å². The molecule has 1 aromatic carbocycles. The second kappa shape index (κ2) is 8.20. The van der Waals surface area contributed by atoms with Crippen molar-refractivity contribution in [1.82, 2.24) is 0 Å². The number of methoxy groups -OCH3 is 3. The molecule has 0 atom stereocenters. The highest BCUT2D eigenvalue weighted by Crippen LogP contribution is 2.28. The lowest BCUT2D eigenvalue weighted by atomic mass is 10.2. The lowest BCUT2D eigenvalue weighted by molar-refractivity contribution is 0.197. The fraction of sp³-hybridized carbons (Fsp3) is 0.462. The first kappa shape index (κ1) is 15.1. The normalized spacial score (nSPS) is 11.2. The smallest absolute Gasteiger partial charge is 0.193 e. The average Bonchev–Trinajstić information content (AvgIpc) is 2.43. The van der Waals surface area contributed by atoms with E-state index in [0.717, 1.165) is 17.9 Å². The molecule has 0 amide bonds. The molecule has 0 heterocycles. The van der Waals surface area contributed by atoms with Gasteiger partial charge in [0.05, 0.1) is 19.9 Å². The predicted octanol–water partition coefficient (Wildman–Crippen LogP) is 1.47. The topological polar surface area (TPSA) is 78.1 Å². The minimum absolute atomic E-state index is 0.336. The maximum atomic E-state index is 5.80. The fourth-order valence-electron chi connectivity index (χ4n) is 1.50. The maximum Gasteiger partial charge on any atom is 0.193 e. The van der Waals surface area contributed by atoms with Gasteiger partial charge in [0.2, 0.25) is 0 Å². The summed E-state index contributed by atoms with van der Waals surface area (Å²) in [5.74, 6) is 1.73. The first-order valence-electron chi connectivity index (χ1n) is 5.99. The summed E-state index contributed by atoms with van der Waals surface area (Å²) in [6.45, 7) is 1.28. The van der Waals surface area contributed by atoms with Crippen molar-refractivity contribution in [2.75, 3.05) is 39.8 Å². The van der Waals surface area contributed by atoms with E-state index in [1.165, 1.54) is 0 Å². The van der Waals surface area contributed by atoms with Gasteiger partial charge in [0.1, 0.15) is 11.5 Å². The second-order valence-electron chi connectivity index (χ2n) is 3.80. The highest BCUT2D eigenvalue weighted by Gasteiger charge is 2.05. The molecule has 0 aromatic heterocycles. The summed E-state index contributed by atoms with van der Waals surface area (Å²) in [4.78, 5) is 4.19. The molecule has 6 heteroatoms. The van der Waals surface area contributed by atoms with E-state index >= 15 is 0 Å². The number of benzene rings is 1. The number of hydrogen-bond acceptors (Lipinski definition) is 4. The van der Waals surface area contributed by atoms with Gasteiger partial charge >= 0.3 is 0 Å². The number of nitrogens with two attached hydrogens (primary N) is 1. The highest BCUT2D eigenvalue weighted by molar-refractivity contribution is 5.93. The average molecular weight is 267 g/mol. The monoisotopic (exact) mass is 267 g/mol. The van der Waals surface area contributed by atoms with Gasteiger partial charge in [0.15, 0.2) is 5.96 Å². The third-order valence-electron chi connectivity index (χ3n) is 2.46. The highest BCUT2D eigenvalue weighted by atomic mass is 16.5. The van der Waals surface area contributed by atoms with Gasteiger partial charge in [-0.2, -0.15) is 0 Å². The molecule has 0 radical (unpaired) electrons. The summed E-state index contributed by atoms with van der Waals surface area (Å²) in [6, 6.07) is 5.42. The van der Waals surface area contributed by atoms with Crippen LogP contribution in [0.1, 0.15) is 6.42 Å². The third kappa shape index (κ3) is 5.05. The van der Waals surface area contributed by atoms with Gasteiger partial charge < -0.3 is 25.3 Å². The Labute approximate surface area is 113 Å². The molecule has 0 aliphatic heterocycles. The van der Waals surface area contributed by atoms with Crippen molar-refractivity contribution in [3.05, 3.63) is 18.2 Å². The van der Waals surface area contributed by atoms with Crippen LogP contribution < -0.4 is 20.5 Å². The van der Waals surface area contributed by atoms with E-state index in [9.17, 15) is 0 Å². The van der Waals surface area contributed by atoms with Crippen molar-refractivity contribution in [2.45, 2.75) is 6.42 Å². The van der Waals surface area contributed by atoms with Crippen LogP contribution in [0.5, 0.6) is 11.5 Å². The zero-order chi connectivity index (χ0) is 14.1. The van der Waals surface area contributed by atoms with Crippen molar-refractivity contribution in [2.24, 2.45) is 10.7 Å². The van der Waals surface area contributed by atoms with Gasteiger partial charge in [0, 0.05) is 26.3 Å². The summed E-state index contributed by atoms with van der Waals surface area (Å²) in [5.41, 5.74) is 6.52. The molecule has 6 nitrogen and oxygen atoms in total. The fourth-order valence-corrected chi connectivity index (χ4v) is 1.50. The quantitative estimate of drug-likeness (QED) is 0.444. The number of anilines is 1. The molecule has 1 rings (SSSR count). The molecule has 19 heavy (non-hydrogen) atoms. The summed E-state index contributed by atoms with van der Waals surface area (Å²) in [7, 11) is 4.86. The Hall–Kier alpha value is -1.95. The van der Waals surface area contributed by atoms with Crippen molar-refractivity contribution >= 4 is 11.6 Å². The first-order valence-corrected chi connectivity index (χ1v) is 5.99. The summed E-state index contributed by atoms with van der Waals surface area (Å²) in [5, 5.41) is 2.99. The van der Waals surface area contributed by atoms with Crippen LogP contribution in [0, 0.1) is 0 Å². The van der Waals surface area contributed by atoms with Crippen LogP contribution in [-0.2, 0) is 4.74 Å². The predicted molar refractivity (Wildman–Crippen MR) is 76.2 cm³/mol. The Morgan fingerprint density at radius 1 is 1.26 bits per heavy atom. The SMILES string of the molecule is COCCCN=C(N)Nc1cc(OC)ccc1OC. The number of nitrogens with one attached hydrogen (secondary N) is 1. The zero-order valence-electron chi connectivity index (χ0n) is 11.6. The molecule has 0 fully saturated rings. The van der Waals surface area contributed by atoms with Crippen LogP contribution >= 0.6 is 0 Å². The molecular formula is C13H21N3O3. The van der Waals surface area contributed by atoms with E-state index in [4.69, 9.17) is 19.9 Å². The van der Waals surface area contributed by atoms with Crippen molar-refractivity contribution in [1.29, 1.82) is 0 Å². The molecule has 1 aromatic rings.